The Balaban J connectivity index is 1.50. The lowest BCUT2D eigenvalue weighted by Crippen LogP contribution is -2.17. The molecule has 0 saturated carbocycles. The number of fused-ring (bicyclic) bond motifs is 2. The molecule has 1 aromatic carbocycles. The van der Waals surface area contributed by atoms with E-state index in [1.807, 2.05) is 24.3 Å². The van der Waals surface area contributed by atoms with Gasteiger partial charge in [0.2, 0.25) is 0 Å². The number of nitrogens with zero attached hydrogens (tertiary/aromatic N) is 4. The molecule has 3 heterocycles. The summed E-state index contributed by atoms with van der Waals surface area (Å²) in [5, 5.41) is 20.8. The predicted octanol–water partition coefficient (Wildman–Crippen LogP) is 3.57. The van der Waals surface area contributed by atoms with E-state index in [0.29, 0.717) is 5.76 Å². The second kappa shape index (κ2) is 5.74. The van der Waals surface area contributed by atoms with Crippen LogP contribution < -0.4 is 5.32 Å². The summed E-state index contributed by atoms with van der Waals surface area (Å²) in [6.45, 7) is 0. The molecule has 128 valence electrons. The van der Waals surface area contributed by atoms with Gasteiger partial charge in [-0.25, -0.2) is 9.97 Å². The van der Waals surface area contributed by atoms with Gasteiger partial charge in [0.25, 0.3) is 0 Å². The van der Waals surface area contributed by atoms with Crippen molar-refractivity contribution in [3.05, 3.63) is 48.1 Å². The minimum Gasteiger partial charge on any atom is -0.442 e. The van der Waals surface area contributed by atoms with Gasteiger partial charge in [-0.3, -0.25) is 5.10 Å². The lowest BCUT2D eigenvalue weighted by Gasteiger charge is -2.22. The number of aromatic amines is 1. The third-order valence-electron chi connectivity index (χ3n) is 4.62. The molecule has 0 bridgehead atoms. The molecule has 1 aliphatic rings. The van der Waals surface area contributed by atoms with Crippen LogP contribution in [0.3, 0.4) is 0 Å². The molecule has 0 spiro atoms. The van der Waals surface area contributed by atoms with Crippen LogP contribution in [0.5, 0.6) is 0 Å². The van der Waals surface area contributed by atoms with E-state index in [4.69, 9.17) is 14.1 Å². The van der Waals surface area contributed by atoms with Crippen molar-refractivity contribution in [2.45, 2.75) is 25.3 Å². The maximum absolute atomic E-state index is 9.03. The molecule has 26 heavy (non-hydrogen) atoms. The number of H-pyrrole nitrogens is 1. The number of aryl methyl sites for hydroxylation is 1. The Morgan fingerprint density at radius 3 is 3.15 bits per heavy atom. The van der Waals surface area contributed by atoms with Crippen LogP contribution in [-0.4, -0.2) is 20.2 Å². The van der Waals surface area contributed by atoms with Crippen LogP contribution in [0.2, 0.25) is 0 Å². The smallest absolute Gasteiger partial charge is 0.301 e. The molecule has 0 fully saturated rings. The summed E-state index contributed by atoms with van der Waals surface area (Å²) in [6, 6.07) is 7.98. The van der Waals surface area contributed by atoms with Gasteiger partial charge < -0.3 is 14.2 Å². The van der Waals surface area contributed by atoms with Gasteiger partial charge in [0.1, 0.15) is 17.1 Å². The van der Waals surface area contributed by atoms with Crippen LogP contribution in [0.25, 0.3) is 22.4 Å². The molecule has 0 aliphatic heterocycles. The van der Waals surface area contributed by atoms with Gasteiger partial charge in [-0.05, 0) is 31.0 Å². The Hall–Kier alpha value is -3.60. The monoisotopic (exact) mass is 346 g/mol. The van der Waals surface area contributed by atoms with Gasteiger partial charge in [-0.15, -0.1) is 0 Å². The zero-order valence-electron chi connectivity index (χ0n) is 13.7. The second-order valence-corrected chi connectivity index (χ2v) is 6.23. The summed E-state index contributed by atoms with van der Waals surface area (Å²) in [6.07, 6.45) is 5.77. The number of nitriles is 1. The van der Waals surface area contributed by atoms with Gasteiger partial charge >= 0.3 is 5.89 Å². The fourth-order valence-corrected chi connectivity index (χ4v) is 3.43. The number of hydrogen-bond donors (Lipinski definition) is 2. The van der Waals surface area contributed by atoms with Gasteiger partial charge in [0, 0.05) is 17.5 Å². The molecule has 8 heteroatoms. The van der Waals surface area contributed by atoms with E-state index in [2.05, 4.69) is 25.5 Å². The quantitative estimate of drug-likeness (QED) is 0.582. The highest BCUT2D eigenvalue weighted by Crippen LogP contribution is 2.34. The molecule has 3 aromatic heterocycles. The summed E-state index contributed by atoms with van der Waals surface area (Å²) in [4.78, 5) is 8.28. The first-order valence-corrected chi connectivity index (χ1v) is 8.35. The van der Waals surface area contributed by atoms with Crippen molar-refractivity contribution >= 4 is 16.6 Å². The minimum absolute atomic E-state index is 0.0164. The van der Waals surface area contributed by atoms with E-state index in [0.717, 1.165) is 53.0 Å². The van der Waals surface area contributed by atoms with Crippen molar-refractivity contribution in [3.63, 3.8) is 0 Å². The molecule has 0 radical (unpaired) electrons. The Kier molecular flexibility index (Phi) is 3.25. The van der Waals surface area contributed by atoms with Crippen LogP contribution in [-0.2, 0) is 6.42 Å². The number of nitrogens with one attached hydrogen (secondary N) is 2. The Bertz CT molecular complexity index is 1120. The number of oxazole rings is 2. The van der Waals surface area contributed by atoms with E-state index in [9.17, 15) is 0 Å². The first-order valence-electron chi connectivity index (χ1n) is 8.35. The standard InChI is InChI=1S/C18H14N6O2/c19-7-16-22-18-13(2-1-3-14(18)26-16)21-10-4-5-12-11(6-10)17(24-23-12)15-8-20-9-25-15/h4-6,8-9,13,21H,1-3H2,(H,23,24)/t13-/m1/s1. The molecule has 1 aliphatic carbocycles. The number of hydrogen-bond acceptors (Lipinski definition) is 7. The predicted molar refractivity (Wildman–Crippen MR) is 92.1 cm³/mol. The van der Waals surface area contributed by atoms with Crippen molar-refractivity contribution in [1.82, 2.24) is 20.2 Å². The van der Waals surface area contributed by atoms with Crippen LogP contribution >= 0.6 is 0 Å². The van der Waals surface area contributed by atoms with E-state index >= 15 is 0 Å². The molecule has 0 amide bonds. The number of anilines is 1. The molecule has 4 aromatic rings. The fraction of sp³-hybridized carbons (Fsp3) is 0.222. The number of aromatic nitrogens is 4. The van der Waals surface area contributed by atoms with Crippen LogP contribution in [0.4, 0.5) is 5.69 Å². The van der Waals surface area contributed by atoms with Crippen LogP contribution in [0, 0.1) is 11.3 Å². The molecule has 5 rings (SSSR count). The minimum atomic E-state index is 0.0164. The molecule has 0 saturated heterocycles. The summed E-state index contributed by atoms with van der Waals surface area (Å²) >= 11 is 0. The zero-order chi connectivity index (χ0) is 17.5. The normalized spacial score (nSPS) is 16.3. The first kappa shape index (κ1) is 14.7. The fourth-order valence-electron chi connectivity index (χ4n) is 3.43. The van der Waals surface area contributed by atoms with Gasteiger partial charge in [-0.2, -0.15) is 10.4 Å². The summed E-state index contributed by atoms with van der Waals surface area (Å²) in [5.74, 6) is 1.54. The van der Waals surface area contributed by atoms with Crippen molar-refractivity contribution in [1.29, 1.82) is 5.26 Å². The molecule has 2 N–H and O–H groups in total. The maximum atomic E-state index is 9.03. The Morgan fingerprint density at radius 1 is 1.35 bits per heavy atom. The van der Waals surface area contributed by atoms with E-state index in [1.54, 1.807) is 6.20 Å². The van der Waals surface area contributed by atoms with Crippen molar-refractivity contribution in [2.75, 3.05) is 5.32 Å². The lowest BCUT2D eigenvalue weighted by molar-refractivity contribution is 0.454. The van der Waals surface area contributed by atoms with Gasteiger partial charge in [0.15, 0.2) is 18.2 Å². The van der Waals surface area contributed by atoms with E-state index in [1.165, 1.54) is 6.39 Å². The third kappa shape index (κ3) is 2.33. The summed E-state index contributed by atoms with van der Waals surface area (Å²) < 4.78 is 10.9. The molecule has 1 atom stereocenters. The number of benzene rings is 1. The highest BCUT2D eigenvalue weighted by atomic mass is 16.4. The highest BCUT2D eigenvalue weighted by Gasteiger charge is 2.26. The lowest BCUT2D eigenvalue weighted by atomic mass is 9.96. The average molecular weight is 346 g/mol. The van der Waals surface area contributed by atoms with Crippen LogP contribution in [0.15, 0.2) is 39.6 Å². The second-order valence-electron chi connectivity index (χ2n) is 6.23. The van der Waals surface area contributed by atoms with E-state index in [-0.39, 0.29) is 11.9 Å². The number of rotatable bonds is 3. The largest absolute Gasteiger partial charge is 0.442 e. The molecule has 8 nitrogen and oxygen atoms in total. The van der Waals surface area contributed by atoms with Gasteiger partial charge in [0.05, 0.1) is 17.8 Å². The van der Waals surface area contributed by atoms with Crippen LogP contribution in [0.1, 0.15) is 36.2 Å². The maximum Gasteiger partial charge on any atom is 0.301 e. The summed E-state index contributed by atoms with van der Waals surface area (Å²) in [5.41, 5.74) is 3.41. The Morgan fingerprint density at radius 2 is 2.31 bits per heavy atom. The van der Waals surface area contributed by atoms with Crippen molar-refractivity contribution in [3.8, 4) is 17.5 Å². The van der Waals surface area contributed by atoms with Gasteiger partial charge in [-0.1, -0.05) is 0 Å². The highest BCUT2D eigenvalue weighted by molar-refractivity contribution is 5.93. The SMILES string of the molecule is N#Cc1nc2c(o1)CCC[C@H]2Nc1ccc2[nH]nc(-c3cnco3)c2c1. The first-order chi connectivity index (χ1) is 12.8. The topological polar surface area (TPSA) is 117 Å². The molecule has 0 unspecified atom stereocenters. The summed E-state index contributed by atoms with van der Waals surface area (Å²) in [7, 11) is 0. The average Bonchev–Trinajstić information content (AvgIpc) is 3.40. The Labute approximate surface area is 147 Å². The molecular weight excluding hydrogens is 332 g/mol. The molecular formula is C18H14N6O2. The third-order valence-corrected chi connectivity index (χ3v) is 4.62. The van der Waals surface area contributed by atoms with Crippen molar-refractivity contribution < 1.29 is 8.83 Å². The zero-order valence-corrected chi connectivity index (χ0v) is 13.7. The van der Waals surface area contributed by atoms with Crippen molar-refractivity contribution in [2.24, 2.45) is 0 Å². The van der Waals surface area contributed by atoms with E-state index < -0.39 is 0 Å².